The largest absolute Gasteiger partial charge is 0.306 e. The molecule has 0 fully saturated rings. The number of pyridine rings is 1. The van der Waals surface area contributed by atoms with Crippen LogP contribution in [0.1, 0.15) is 29.4 Å². The zero-order valence-corrected chi connectivity index (χ0v) is 8.58. The van der Waals surface area contributed by atoms with Crippen LogP contribution in [-0.4, -0.2) is 19.5 Å². The Kier molecular flexibility index (Phi) is 3.91. The van der Waals surface area contributed by atoms with E-state index in [2.05, 4.69) is 4.98 Å². The number of ketones is 1. The van der Waals surface area contributed by atoms with E-state index in [1.807, 2.05) is 0 Å². The molecular formula is C9H11NO3S. The molecule has 5 heteroatoms. The lowest BCUT2D eigenvalue weighted by Gasteiger charge is -1.99. The van der Waals surface area contributed by atoms with Gasteiger partial charge in [0, 0.05) is 18.2 Å². The Morgan fingerprint density at radius 2 is 2.29 bits per heavy atom. The molecule has 0 saturated carbocycles. The third-order valence-electron chi connectivity index (χ3n) is 1.74. The number of Topliss-reactive ketones (excluding diaryl/α,β-unsaturated/α-hetero) is 1. The summed E-state index contributed by atoms with van der Waals surface area (Å²) in [7, 11) is 0. The molecular weight excluding hydrogens is 202 g/mol. The van der Waals surface area contributed by atoms with Crippen LogP contribution in [0.3, 0.4) is 0 Å². The monoisotopic (exact) mass is 213 g/mol. The minimum Gasteiger partial charge on any atom is -0.306 e. The number of carbonyl (C=O) groups excluding carboxylic acids is 1. The molecule has 1 heterocycles. The zero-order chi connectivity index (χ0) is 10.6. The Hall–Kier alpha value is -1.07. The van der Waals surface area contributed by atoms with E-state index in [-0.39, 0.29) is 11.5 Å². The minimum absolute atomic E-state index is 0.000591. The second kappa shape index (κ2) is 4.97. The average molecular weight is 213 g/mol. The van der Waals surface area contributed by atoms with E-state index in [4.69, 9.17) is 4.55 Å². The molecule has 0 aliphatic rings. The molecule has 1 aromatic rings. The highest BCUT2D eigenvalue weighted by Gasteiger charge is 2.04. The van der Waals surface area contributed by atoms with Crippen LogP contribution in [0.4, 0.5) is 0 Å². The summed E-state index contributed by atoms with van der Waals surface area (Å²) < 4.78 is 19.0. The summed E-state index contributed by atoms with van der Waals surface area (Å²) in [6, 6.07) is 3.22. The number of hydrogen-bond donors (Lipinski definition) is 1. The first kappa shape index (κ1) is 11.0. The lowest BCUT2D eigenvalue weighted by molar-refractivity contribution is 0.0988. The van der Waals surface area contributed by atoms with Crippen LogP contribution < -0.4 is 0 Å². The van der Waals surface area contributed by atoms with Crippen molar-refractivity contribution in [2.45, 2.75) is 19.1 Å². The van der Waals surface area contributed by atoms with Gasteiger partial charge in [0.15, 0.2) is 16.9 Å². The van der Waals surface area contributed by atoms with Crippen LogP contribution in [0.2, 0.25) is 0 Å². The average Bonchev–Trinajstić information content (AvgIpc) is 2.17. The molecule has 1 N–H and O–H groups in total. The van der Waals surface area contributed by atoms with E-state index >= 15 is 0 Å². The number of aromatic nitrogens is 1. The van der Waals surface area contributed by atoms with Gasteiger partial charge in [-0.2, -0.15) is 0 Å². The van der Waals surface area contributed by atoms with E-state index in [1.54, 1.807) is 19.1 Å². The van der Waals surface area contributed by atoms with Crippen LogP contribution in [0.25, 0.3) is 0 Å². The minimum atomic E-state index is -1.88. The predicted molar refractivity (Wildman–Crippen MR) is 53.3 cm³/mol. The van der Waals surface area contributed by atoms with Crippen molar-refractivity contribution in [2.24, 2.45) is 0 Å². The van der Waals surface area contributed by atoms with Crippen molar-refractivity contribution in [3.63, 3.8) is 0 Å². The van der Waals surface area contributed by atoms with Crippen molar-refractivity contribution < 1.29 is 13.6 Å². The molecule has 1 rings (SSSR count). The highest BCUT2D eigenvalue weighted by atomic mass is 32.2. The molecule has 0 aliphatic heterocycles. The maximum absolute atomic E-state index is 11.2. The fraction of sp³-hybridized carbons (Fsp3) is 0.333. The molecule has 0 aliphatic carbocycles. The second-order valence-electron chi connectivity index (χ2n) is 2.78. The van der Waals surface area contributed by atoms with Gasteiger partial charge in [-0.15, -0.1) is 0 Å². The predicted octanol–water partition coefficient (Wildman–Crippen LogP) is 1.40. The molecule has 76 valence electrons. The van der Waals surface area contributed by atoms with Gasteiger partial charge in [0.25, 0.3) is 0 Å². The summed E-state index contributed by atoms with van der Waals surface area (Å²) in [5.74, 6) is 0.0230. The van der Waals surface area contributed by atoms with E-state index in [0.717, 1.165) is 0 Å². The Labute approximate surface area is 84.6 Å². The lowest BCUT2D eigenvalue weighted by atomic mass is 10.1. The van der Waals surface area contributed by atoms with Crippen molar-refractivity contribution in [1.82, 2.24) is 4.98 Å². The third-order valence-corrected chi connectivity index (χ3v) is 2.28. The van der Waals surface area contributed by atoms with E-state index in [1.165, 1.54) is 6.20 Å². The lowest BCUT2D eigenvalue weighted by Crippen LogP contribution is -2.00. The van der Waals surface area contributed by atoms with Crippen molar-refractivity contribution in [3.05, 3.63) is 29.6 Å². The van der Waals surface area contributed by atoms with Crippen molar-refractivity contribution >= 4 is 16.9 Å². The van der Waals surface area contributed by atoms with E-state index in [9.17, 15) is 9.00 Å². The van der Waals surface area contributed by atoms with Gasteiger partial charge in [-0.3, -0.25) is 9.78 Å². The smallest absolute Gasteiger partial charge is 0.164 e. The topological polar surface area (TPSA) is 67.3 Å². The van der Waals surface area contributed by atoms with Gasteiger partial charge < -0.3 is 4.55 Å². The molecule has 0 radical (unpaired) electrons. The first-order chi connectivity index (χ1) is 6.63. The normalized spacial score (nSPS) is 12.4. The Balaban J connectivity index is 2.78. The molecule has 14 heavy (non-hydrogen) atoms. The Morgan fingerprint density at radius 3 is 2.71 bits per heavy atom. The van der Waals surface area contributed by atoms with Gasteiger partial charge in [0.1, 0.15) is 0 Å². The van der Waals surface area contributed by atoms with Gasteiger partial charge in [0.05, 0.1) is 11.4 Å². The maximum Gasteiger partial charge on any atom is 0.164 e. The molecule has 1 aromatic heterocycles. The first-order valence-electron chi connectivity index (χ1n) is 4.19. The van der Waals surface area contributed by atoms with Gasteiger partial charge >= 0.3 is 0 Å². The standard InChI is InChI=1S/C9H11NO3S/c1-2-9(11)7-3-4-8(10-5-7)6-14(12)13/h3-5H,2,6H2,1H3,(H,12,13). The maximum atomic E-state index is 11.2. The van der Waals surface area contributed by atoms with Crippen LogP contribution in [0.15, 0.2) is 18.3 Å². The van der Waals surface area contributed by atoms with Crippen molar-refractivity contribution in [2.75, 3.05) is 0 Å². The quantitative estimate of drug-likeness (QED) is 0.606. The summed E-state index contributed by atoms with van der Waals surface area (Å²) in [4.78, 5) is 15.1. The van der Waals surface area contributed by atoms with Gasteiger partial charge in [-0.05, 0) is 12.1 Å². The number of nitrogens with zero attached hydrogens (tertiary/aromatic N) is 1. The fourth-order valence-electron chi connectivity index (χ4n) is 1.01. The zero-order valence-electron chi connectivity index (χ0n) is 7.77. The Bertz CT molecular complexity index is 348. The summed E-state index contributed by atoms with van der Waals surface area (Å²) in [6.45, 7) is 1.78. The summed E-state index contributed by atoms with van der Waals surface area (Å²) >= 11 is -1.88. The molecule has 4 nitrogen and oxygen atoms in total. The van der Waals surface area contributed by atoms with Crippen molar-refractivity contribution in [3.8, 4) is 0 Å². The molecule has 1 unspecified atom stereocenters. The SMILES string of the molecule is CCC(=O)c1ccc(CS(=O)O)nc1. The molecule has 0 amide bonds. The molecule has 0 spiro atoms. The van der Waals surface area contributed by atoms with Gasteiger partial charge in [-0.1, -0.05) is 6.92 Å². The number of hydrogen-bond acceptors (Lipinski definition) is 3. The highest BCUT2D eigenvalue weighted by Crippen LogP contribution is 2.04. The first-order valence-corrected chi connectivity index (χ1v) is 5.46. The highest BCUT2D eigenvalue weighted by molar-refractivity contribution is 7.78. The van der Waals surface area contributed by atoms with E-state index in [0.29, 0.717) is 17.7 Å². The van der Waals surface area contributed by atoms with Gasteiger partial charge in [-0.25, -0.2) is 4.21 Å². The molecule has 0 saturated heterocycles. The van der Waals surface area contributed by atoms with Crippen LogP contribution in [0.5, 0.6) is 0 Å². The summed E-state index contributed by atoms with van der Waals surface area (Å²) in [5, 5.41) is 0. The summed E-state index contributed by atoms with van der Waals surface area (Å²) in [6.07, 6.45) is 1.88. The molecule has 0 bridgehead atoms. The van der Waals surface area contributed by atoms with Crippen LogP contribution >= 0.6 is 0 Å². The second-order valence-corrected chi connectivity index (χ2v) is 3.71. The molecule has 1 atom stereocenters. The number of carbonyl (C=O) groups is 1. The van der Waals surface area contributed by atoms with Gasteiger partial charge in [0.2, 0.25) is 0 Å². The number of rotatable bonds is 4. The summed E-state index contributed by atoms with van der Waals surface area (Å²) in [5.41, 5.74) is 1.05. The van der Waals surface area contributed by atoms with Crippen molar-refractivity contribution in [1.29, 1.82) is 0 Å². The fourth-order valence-corrected chi connectivity index (χ4v) is 1.43. The third kappa shape index (κ3) is 3.01. The Morgan fingerprint density at radius 1 is 1.57 bits per heavy atom. The van der Waals surface area contributed by atoms with Crippen LogP contribution in [0, 0.1) is 0 Å². The van der Waals surface area contributed by atoms with Crippen LogP contribution in [-0.2, 0) is 16.8 Å². The molecule has 0 aromatic carbocycles. The van der Waals surface area contributed by atoms with E-state index < -0.39 is 11.1 Å².